The molecule has 0 spiro atoms. The largest absolute Gasteiger partial charge is 0.326 e. The third kappa shape index (κ3) is 1.65. The number of hydrogen-bond donors (Lipinski definition) is 1. The highest BCUT2D eigenvalue weighted by molar-refractivity contribution is 14.1. The van der Waals surface area contributed by atoms with Crippen molar-refractivity contribution < 1.29 is 8.78 Å². The summed E-state index contributed by atoms with van der Waals surface area (Å²) in [6.07, 6.45) is -2.32. The number of alkyl halides is 2. The van der Waals surface area contributed by atoms with Gasteiger partial charge in [0.25, 0.3) is 0 Å². The van der Waals surface area contributed by atoms with Gasteiger partial charge >= 0.3 is 0 Å². The predicted octanol–water partition coefficient (Wildman–Crippen LogP) is 1.25. The Kier molecular flexibility index (Phi) is 2.70. The molecule has 5 heteroatoms. The van der Waals surface area contributed by atoms with E-state index in [-0.39, 0.29) is 0 Å². The number of halogens is 3. The fourth-order valence-corrected chi connectivity index (χ4v) is 2.36. The molecule has 1 fully saturated rings. The molecule has 0 aromatic heterocycles. The van der Waals surface area contributed by atoms with Crippen LogP contribution in [0.3, 0.4) is 0 Å². The van der Waals surface area contributed by atoms with E-state index in [1.165, 1.54) is 0 Å². The molecular formula is C6H11F2IN2. The van der Waals surface area contributed by atoms with Gasteiger partial charge in [-0.05, 0) is 0 Å². The van der Waals surface area contributed by atoms with Crippen LogP contribution in [0.5, 0.6) is 0 Å². The van der Waals surface area contributed by atoms with Crippen LogP contribution in [0.15, 0.2) is 0 Å². The monoisotopic (exact) mass is 276 g/mol. The van der Waals surface area contributed by atoms with E-state index >= 15 is 0 Å². The minimum Gasteiger partial charge on any atom is -0.326 e. The van der Waals surface area contributed by atoms with Crippen LogP contribution in [0.2, 0.25) is 0 Å². The predicted molar refractivity (Wildman–Crippen MR) is 47.7 cm³/mol. The minimum atomic E-state index is -2.32. The summed E-state index contributed by atoms with van der Waals surface area (Å²) >= 11 is 2.03. The number of rotatable bonds is 1. The molecule has 2 nitrogen and oxygen atoms in total. The number of nitrogens with two attached hydrogens (primary N) is 1. The van der Waals surface area contributed by atoms with Crippen molar-refractivity contribution >= 4 is 22.9 Å². The summed E-state index contributed by atoms with van der Waals surface area (Å²) in [5.74, 6) is 0. The Labute approximate surface area is 78.6 Å². The van der Waals surface area contributed by atoms with Gasteiger partial charge in [-0.1, -0.05) is 6.92 Å². The summed E-state index contributed by atoms with van der Waals surface area (Å²) in [7, 11) is 0. The second-order valence-electron chi connectivity index (χ2n) is 3.22. The van der Waals surface area contributed by atoms with E-state index in [1.54, 1.807) is 6.92 Å². The van der Waals surface area contributed by atoms with Gasteiger partial charge in [-0.2, -0.15) is 0 Å². The van der Waals surface area contributed by atoms with E-state index < -0.39 is 17.9 Å². The van der Waals surface area contributed by atoms with Crippen LogP contribution < -0.4 is 5.73 Å². The fourth-order valence-electron chi connectivity index (χ4n) is 1.20. The van der Waals surface area contributed by atoms with Crippen molar-refractivity contribution in [3.63, 3.8) is 0 Å². The van der Waals surface area contributed by atoms with Gasteiger partial charge in [-0.15, -0.1) is 0 Å². The van der Waals surface area contributed by atoms with Gasteiger partial charge < -0.3 is 5.73 Å². The van der Waals surface area contributed by atoms with Crippen molar-refractivity contribution in [2.24, 2.45) is 11.1 Å². The SMILES string of the molecule is CC1(C(F)F)CN(I)CC1N. The molecule has 2 unspecified atom stereocenters. The normalized spacial score (nSPS) is 40.4. The lowest BCUT2D eigenvalue weighted by molar-refractivity contribution is 0.00942. The van der Waals surface area contributed by atoms with Crippen LogP contribution in [-0.4, -0.2) is 28.7 Å². The molecule has 0 aromatic carbocycles. The summed E-state index contributed by atoms with van der Waals surface area (Å²) in [5.41, 5.74) is 4.57. The fraction of sp³-hybridized carbons (Fsp3) is 1.00. The van der Waals surface area contributed by atoms with E-state index in [2.05, 4.69) is 0 Å². The Balaban J connectivity index is 2.71. The maximum atomic E-state index is 12.4. The highest BCUT2D eigenvalue weighted by Crippen LogP contribution is 2.36. The quantitative estimate of drug-likeness (QED) is 0.577. The maximum Gasteiger partial charge on any atom is 0.246 e. The van der Waals surface area contributed by atoms with Gasteiger partial charge in [0.05, 0.1) is 5.41 Å². The van der Waals surface area contributed by atoms with Crippen molar-refractivity contribution in [2.45, 2.75) is 19.4 Å². The first kappa shape index (κ1) is 9.60. The molecule has 0 saturated carbocycles. The van der Waals surface area contributed by atoms with Crippen LogP contribution in [0.25, 0.3) is 0 Å². The molecule has 1 saturated heterocycles. The summed E-state index contributed by atoms with van der Waals surface area (Å²) in [4.78, 5) is 0. The van der Waals surface area contributed by atoms with E-state index in [0.717, 1.165) is 0 Å². The highest BCUT2D eigenvalue weighted by Gasteiger charge is 2.47. The third-order valence-corrected chi connectivity index (χ3v) is 2.99. The zero-order valence-electron chi connectivity index (χ0n) is 6.23. The first-order valence-corrected chi connectivity index (χ1v) is 4.38. The smallest absolute Gasteiger partial charge is 0.246 e. The molecule has 1 heterocycles. The lowest BCUT2D eigenvalue weighted by Crippen LogP contribution is -2.43. The molecule has 0 bridgehead atoms. The molecule has 0 aliphatic carbocycles. The Morgan fingerprint density at radius 2 is 2.27 bits per heavy atom. The van der Waals surface area contributed by atoms with Gasteiger partial charge in [0.15, 0.2) is 0 Å². The molecule has 1 rings (SSSR count). The summed E-state index contributed by atoms with van der Waals surface area (Å²) < 4.78 is 26.7. The maximum absolute atomic E-state index is 12.4. The van der Waals surface area contributed by atoms with E-state index in [4.69, 9.17) is 5.73 Å². The van der Waals surface area contributed by atoms with Crippen molar-refractivity contribution in [3.05, 3.63) is 0 Å². The van der Waals surface area contributed by atoms with Gasteiger partial charge in [-0.3, -0.25) is 0 Å². The summed E-state index contributed by atoms with van der Waals surface area (Å²) in [5, 5.41) is 0. The van der Waals surface area contributed by atoms with Crippen LogP contribution in [0.1, 0.15) is 6.92 Å². The Morgan fingerprint density at radius 3 is 2.45 bits per heavy atom. The molecular weight excluding hydrogens is 265 g/mol. The standard InChI is InChI=1S/C6H11F2IN2/c1-6(5(7)8)3-11(9)2-4(6)10/h4-5H,2-3,10H2,1H3. The molecule has 11 heavy (non-hydrogen) atoms. The number of nitrogens with zero attached hydrogens (tertiary/aromatic N) is 1. The van der Waals surface area contributed by atoms with E-state index in [0.29, 0.717) is 13.1 Å². The van der Waals surface area contributed by atoms with E-state index in [1.807, 2.05) is 26.0 Å². The first-order valence-electron chi connectivity index (χ1n) is 3.41. The number of hydrogen-bond acceptors (Lipinski definition) is 2. The Hall–Kier alpha value is 0.510. The van der Waals surface area contributed by atoms with Crippen LogP contribution in [-0.2, 0) is 0 Å². The summed E-state index contributed by atoms with van der Waals surface area (Å²) in [6.45, 7) is 2.48. The van der Waals surface area contributed by atoms with Gasteiger partial charge in [0, 0.05) is 42.0 Å². The molecule has 0 radical (unpaired) electrons. The molecule has 0 aromatic rings. The second-order valence-corrected chi connectivity index (χ2v) is 4.58. The molecule has 2 atom stereocenters. The molecule has 1 aliphatic rings. The van der Waals surface area contributed by atoms with Crippen molar-refractivity contribution in [3.8, 4) is 0 Å². The topological polar surface area (TPSA) is 29.3 Å². The van der Waals surface area contributed by atoms with Gasteiger partial charge in [-0.25, -0.2) is 11.9 Å². The van der Waals surface area contributed by atoms with Crippen LogP contribution in [0.4, 0.5) is 8.78 Å². The second kappa shape index (κ2) is 3.10. The minimum absolute atomic E-state index is 0.381. The summed E-state index contributed by atoms with van der Waals surface area (Å²) in [6, 6.07) is -0.403. The van der Waals surface area contributed by atoms with Gasteiger partial charge in [0.2, 0.25) is 6.43 Å². The van der Waals surface area contributed by atoms with Crippen molar-refractivity contribution in [1.29, 1.82) is 0 Å². The zero-order chi connectivity index (χ0) is 8.65. The highest BCUT2D eigenvalue weighted by atomic mass is 127. The van der Waals surface area contributed by atoms with Crippen LogP contribution in [0, 0.1) is 5.41 Å². The van der Waals surface area contributed by atoms with Gasteiger partial charge in [0.1, 0.15) is 0 Å². The van der Waals surface area contributed by atoms with Crippen LogP contribution >= 0.6 is 22.9 Å². The molecule has 66 valence electrons. The average Bonchev–Trinajstić information content (AvgIpc) is 2.08. The van der Waals surface area contributed by atoms with Crippen molar-refractivity contribution in [2.75, 3.05) is 13.1 Å². The zero-order valence-corrected chi connectivity index (χ0v) is 8.38. The molecule has 1 aliphatic heterocycles. The van der Waals surface area contributed by atoms with E-state index in [9.17, 15) is 8.78 Å². The Morgan fingerprint density at radius 1 is 1.73 bits per heavy atom. The van der Waals surface area contributed by atoms with Crippen molar-refractivity contribution in [1.82, 2.24) is 3.11 Å². The lowest BCUT2D eigenvalue weighted by Gasteiger charge is -2.26. The average molecular weight is 276 g/mol. The third-order valence-electron chi connectivity index (χ3n) is 2.25. The molecule has 0 amide bonds. The molecule has 2 N–H and O–H groups in total. The Bertz CT molecular complexity index is 156. The lowest BCUT2D eigenvalue weighted by atomic mass is 9.86. The first-order chi connectivity index (χ1) is 4.97.